The van der Waals surface area contributed by atoms with Gasteiger partial charge in [0.25, 0.3) is 0 Å². The van der Waals surface area contributed by atoms with Crippen molar-refractivity contribution in [3.05, 3.63) is 70.6 Å². The molecular weight excluding hydrogens is 448 g/mol. The number of rotatable bonds is 6. The standard InChI is InChI=1S/C21H14F4N4O2S/c22-14-6-4-12(5-7-14)16-11-32-18(27-16)9-8-17(30)26-15-3-1-2-13(10-15)19-28-20(31-29-19)21(23,24)25/h1-7,10-11H,8-9H2,(H,26,30). The Bertz CT molecular complexity index is 1240. The van der Waals surface area contributed by atoms with Crippen LogP contribution in [0.5, 0.6) is 0 Å². The lowest BCUT2D eigenvalue weighted by Crippen LogP contribution is -2.12. The molecule has 0 aliphatic rings. The fraction of sp³-hybridized carbons (Fsp3) is 0.143. The van der Waals surface area contributed by atoms with Gasteiger partial charge in [0.1, 0.15) is 5.82 Å². The van der Waals surface area contributed by atoms with Crippen molar-refractivity contribution in [2.24, 2.45) is 0 Å². The van der Waals surface area contributed by atoms with Crippen LogP contribution in [0.2, 0.25) is 0 Å². The lowest BCUT2D eigenvalue weighted by Gasteiger charge is -2.05. The molecule has 1 N–H and O–H groups in total. The van der Waals surface area contributed by atoms with E-state index in [1.165, 1.54) is 35.6 Å². The molecule has 0 saturated heterocycles. The fourth-order valence-corrected chi connectivity index (χ4v) is 3.62. The van der Waals surface area contributed by atoms with Gasteiger partial charge in [-0.05, 0) is 36.4 Å². The number of hydrogen-bond acceptors (Lipinski definition) is 6. The average molecular weight is 462 g/mol. The van der Waals surface area contributed by atoms with E-state index < -0.39 is 12.1 Å². The maximum atomic E-state index is 13.0. The van der Waals surface area contributed by atoms with E-state index in [1.807, 2.05) is 5.38 Å². The zero-order valence-corrected chi connectivity index (χ0v) is 17.0. The number of nitrogens with zero attached hydrogens (tertiary/aromatic N) is 3. The molecule has 4 aromatic rings. The van der Waals surface area contributed by atoms with Crippen LogP contribution in [0.1, 0.15) is 17.3 Å². The number of aryl methyl sites for hydroxylation is 1. The van der Waals surface area contributed by atoms with Crippen LogP contribution < -0.4 is 5.32 Å². The first-order chi connectivity index (χ1) is 15.3. The van der Waals surface area contributed by atoms with Crippen molar-refractivity contribution in [3.8, 4) is 22.6 Å². The lowest BCUT2D eigenvalue weighted by atomic mass is 10.2. The van der Waals surface area contributed by atoms with Crippen LogP contribution in [0.15, 0.2) is 58.4 Å². The third-order valence-electron chi connectivity index (χ3n) is 4.33. The van der Waals surface area contributed by atoms with Crippen LogP contribution >= 0.6 is 11.3 Å². The maximum Gasteiger partial charge on any atom is 0.471 e. The van der Waals surface area contributed by atoms with Gasteiger partial charge in [-0.3, -0.25) is 4.79 Å². The SMILES string of the molecule is O=C(CCc1nc(-c2ccc(F)cc2)cs1)Nc1cccc(-c2noc(C(F)(F)F)n2)c1. The molecular formula is C21H14F4N4O2S. The van der Waals surface area contributed by atoms with E-state index in [4.69, 9.17) is 0 Å². The molecule has 2 aromatic carbocycles. The van der Waals surface area contributed by atoms with Gasteiger partial charge in [0.05, 0.1) is 10.7 Å². The molecule has 0 bridgehead atoms. The van der Waals surface area contributed by atoms with Crippen LogP contribution in [0.4, 0.5) is 23.2 Å². The largest absolute Gasteiger partial charge is 0.471 e. The van der Waals surface area contributed by atoms with Crippen molar-refractivity contribution in [1.29, 1.82) is 0 Å². The first-order valence-electron chi connectivity index (χ1n) is 9.29. The Morgan fingerprint density at radius 3 is 2.56 bits per heavy atom. The van der Waals surface area contributed by atoms with Crippen molar-refractivity contribution >= 4 is 22.9 Å². The van der Waals surface area contributed by atoms with E-state index in [0.717, 1.165) is 10.6 Å². The zero-order valence-electron chi connectivity index (χ0n) is 16.2. The molecule has 0 aliphatic heterocycles. The van der Waals surface area contributed by atoms with Crippen molar-refractivity contribution < 1.29 is 26.9 Å². The van der Waals surface area contributed by atoms with Gasteiger partial charge in [-0.2, -0.15) is 18.2 Å². The molecule has 164 valence electrons. The number of carbonyl (C=O) groups is 1. The van der Waals surface area contributed by atoms with Gasteiger partial charge in [0.2, 0.25) is 11.7 Å². The molecule has 32 heavy (non-hydrogen) atoms. The Balaban J connectivity index is 1.36. The number of anilines is 1. The number of thiazole rings is 1. The number of amides is 1. The van der Waals surface area contributed by atoms with Gasteiger partial charge in [-0.1, -0.05) is 17.3 Å². The summed E-state index contributed by atoms with van der Waals surface area (Å²) in [7, 11) is 0. The zero-order chi connectivity index (χ0) is 22.7. The highest BCUT2D eigenvalue weighted by atomic mass is 32.1. The van der Waals surface area contributed by atoms with E-state index in [1.54, 1.807) is 24.3 Å². The van der Waals surface area contributed by atoms with Crippen LogP contribution in [0, 0.1) is 5.82 Å². The Labute approximate surface area is 182 Å². The Morgan fingerprint density at radius 1 is 1.06 bits per heavy atom. The van der Waals surface area contributed by atoms with Crippen LogP contribution in [0.25, 0.3) is 22.6 Å². The second-order valence-corrected chi connectivity index (χ2v) is 7.63. The number of carbonyl (C=O) groups excluding carboxylic acids is 1. The van der Waals surface area contributed by atoms with Gasteiger partial charge in [-0.25, -0.2) is 9.37 Å². The smallest absolute Gasteiger partial charge is 0.329 e. The first kappa shape index (κ1) is 21.6. The van der Waals surface area contributed by atoms with Crippen LogP contribution in [-0.4, -0.2) is 21.0 Å². The van der Waals surface area contributed by atoms with E-state index in [0.29, 0.717) is 17.8 Å². The summed E-state index contributed by atoms with van der Waals surface area (Å²) in [4.78, 5) is 20.1. The molecule has 0 atom stereocenters. The molecule has 2 heterocycles. The molecule has 0 aliphatic carbocycles. The van der Waals surface area contributed by atoms with Crippen molar-refractivity contribution in [2.75, 3.05) is 5.32 Å². The minimum Gasteiger partial charge on any atom is -0.329 e. The Kier molecular flexibility index (Phi) is 5.99. The third-order valence-corrected chi connectivity index (χ3v) is 5.24. The molecule has 2 aromatic heterocycles. The summed E-state index contributed by atoms with van der Waals surface area (Å²) >= 11 is 1.40. The first-order valence-corrected chi connectivity index (χ1v) is 10.2. The number of hydrogen-bond donors (Lipinski definition) is 1. The molecule has 1 amide bonds. The number of aromatic nitrogens is 3. The summed E-state index contributed by atoms with van der Waals surface area (Å²) in [6, 6.07) is 12.1. The van der Waals surface area contributed by atoms with Gasteiger partial charge in [0, 0.05) is 35.0 Å². The van der Waals surface area contributed by atoms with E-state index in [2.05, 4.69) is 25.0 Å². The lowest BCUT2D eigenvalue weighted by molar-refractivity contribution is -0.159. The number of halogens is 4. The third kappa shape index (κ3) is 5.17. The normalized spacial score (nSPS) is 11.5. The van der Waals surface area contributed by atoms with Gasteiger partial charge >= 0.3 is 12.1 Å². The number of alkyl halides is 3. The van der Waals surface area contributed by atoms with Crippen LogP contribution in [0.3, 0.4) is 0 Å². The average Bonchev–Trinajstić information content (AvgIpc) is 3.43. The molecule has 0 saturated carbocycles. The highest BCUT2D eigenvalue weighted by molar-refractivity contribution is 7.09. The predicted molar refractivity (Wildman–Crippen MR) is 109 cm³/mol. The van der Waals surface area contributed by atoms with Crippen molar-refractivity contribution in [1.82, 2.24) is 15.1 Å². The monoisotopic (exact) mass is 462 g/mol. The molecule has 4 rings (SSSR count). The van der Waals surface area contributed by atoms with Gasteiger partial charge in [0.15, 0.2) is 0 Å². The molecule has 0 unspecified atom stereocenters. The molecule has 0 fully saturated rings. The number of benzene rings is 2. The fourth-order valence-electron chi connectivity index (χ4n) is 2.81. The molecule has 6 nitrogen and oxygen atoms in total. The highest BCUT2D eigenvalue weighted by Crippen LogP contribution is 2.30. The van der Waals surface area contributed by atoms with Gasteiger partial charge < -0.3 is 9.84 Å². The topological polar surface area (TPSA) is 80.9 Å². The van der Waals surface area contributed by atoms with Crippen molar-refractivity contribution in [2.45, 2.75) is 19.0 Å². The molecule has 0 spiro atoms. The Hall–Kier alpha value is -3.60. The summed E-state index contributed by atoms with van der Waals surface area (Å²) < 4.78 is 55.2. The van der Waals surface area contributed by atoms with E-state index >= 15 is 0 Å². The second kappa shape index (κ2) is 8.87. The number of nitrogens with one attached hydrogen (secondary N) is 1. The summed E-state index contributed by atoms with van der Waals surface area (Å²) in [5.74, 6) is -2.29. The summed E-state index contributed by atoms with van der Waals surface area (Å²) in [6.07, 6.45) is -4.18. The van der Waals surface area contributed by atoms with Crippen molar-refractivity contribution in [3.63, 3.8) is 0 Å². The second-order valence-electron chi connectivity index (χ2n) is 6.68. The van der Waals surface area contributed by atoms with Gasteiger partial charge in [-0.15, -0.1) is 11.3 Å². The summed E-state index contributed by atoms with van der Waals surface area (Å²) in [5.41, 5.74) is 2.14. The summed E-state index contributed by atoms with van der Waals surface area (Å²) in [6.45, 7) is 0. The minimum atomic E-state index is -4.73. The quantitative estimate of drug-likeness (QED) is 0.378. The Morgan fingerprint density at radius 2 is 1.84 bits per heavy atom. The van der Waals surface area contributed by atoms with Crippen LogP contribution in [-0.2, 0) is 17.4 Å². The van der Waals surface area contributed by atoms with E-state index in [9.17, 15) is 22.4 Å². The maximum absolute atomic E-state index is 13.0. The highest BCUT2D eigenvalue weighted by Gasteiger charge is 2.38. The molecule has 11 heteroatoms. The minimum absolute atomic E-state index is 0.154. The van der Waals surface area contributed by atoms with E-state index in [-0.39, 0.29) is 29.5 Å². The summed E-state index contributed by atoms with van der Waals surface area (Å²) in [5, 5.41) is 8.61. The predicted octanol–water partition coefficient (Wildman–Crippen LogP) is 5.59. The molecule has 0 radical (unpaired) electrons.